The third-order valence-electron chi connectivity index (χ3n) is 6.42. The molecule has 0 atom stereocenters. The fraction of sp³-hybridized carbons (Fsp3) is 0.280. The van der Waals surface area contributed by atoms with Crippen LogP contribution in [0.5, 0.6) is 0 Å². The van der Waals surface area contributed by atoms with Gasteiger partial charge in [0.25, 0.3) is 0 Å². The summed E-state index contributed by atoms with van der Waals surface area (Å²) >= 11 is 12.5. The van der Waals surface area contributed by atoms with Gasteiger partial charge in [0, 0.05) is 11.6 Å². The molecule has 0 unspecified atom stereocenters. The quantitative estimate of drug-likeness (QED) is 0.322. The van der Waals surface area contributed by atoms with E-state index in [1.54, 1.807) is 18.2 Å². The molecule has 1 aliphatic rings. The highest BCUT2D eigenvalue weighted by Gasteiger charge is 2.30. The van der Waals surface area contributed by atoms with Crippen molar-refractivity contribution < 1.29 is 13.2 Å². The van der Waals surface area contributed by atoms with E-state index in [4.69, 9.17) is 23.2 Å². The van der Waals surface area contributed by atoms with Crippen molar-refractivity contribution in [2.45, 2.75) is 25.1 Å². The van der Waals surface area contributed by atoms with Crippen LogP contribution in [0.1, 0.15) is 24.0 Å². The first kappa shape index (κ1) is 23.7. The Kier molecular flexibility index (Phi) is 6.04. The van der Waals surface area contributed by atoms with Crippen LogP contribution in [0, 0.1) is 11.3 Å². The second-order valence-electron chi connectivity index (χ2n) is 8.75. The van der Waals surface area contributed by atoms with Gasteiger partial charge < -0.3 is 10.2 Å². The number of hydrogen-bond donors (Lipinski definition) is 1. The van der Waals surface area contributed by atoms with Crippen molar-refractivity contribution in [3.8, 4) is 17.2 Å². The van der Waals surface area contributed by atoms with Gasteiger partial charge in [0.2, 0.25) is 0 Å². The molecule has 0 bridgehead atoms. The molecule has 2 aromatic carbocycles. The zero-order chi connectivity index (χ0) is 24.9. The minimum Gasteiger partial charge on any atom is -0.368 e. The molecule has 0 aliphatic carbocycles. The van der Waals surface area contributed by atoms with Crippen molar-refractivity contribution >= 4 is 45.7 Å². The van der Waals surface area contributed by atoms with Crippen LogP contribution in [0.3, 0.4) is 0 Å². The first-order valence-corrected chi connectivity index (χ1v) is 11.8. The van der Waals surface area contributed by atoms with Gasteiger partial charge in [0.05, 0.1) is 26.6 Å². The number of nitrogens with one attached hydrogen (secondary N) is 1. The Morgan fingerprint density at radius 2 is 1.71 bits per heavy atom. The number of nitrogens with zero attached hydrogens (tertiary/aromatic N) is 4. The highest BCUT2D eigenvalue weighted by molar-refractivity contribution is 6.42. The zero-order valence-electron chi connectivity index (χ0n) is 18.6. The zero-order valence-corrected chi connectivity index (χ0v) is 20.1. The van der Waals surface area contributed by atoms with E-state index < -0.39 is 11.7 Å². The topological polar surface area (TPSA) is 56.4 Å². The fourth-order valence-corrected chi connectivity index (χ4v) is 4.84. The minimum atomic E-state index is -4.44. The lowest BCUT2D eigenvalue weighted by Gasteiger charge is -2.30. The second kappa shape index (κ2) is 8.90. The molecule has 1 aliphatic heterocycles. The summed E-state index contributed by atoms with van der Waals surface area (Å²) in [5.74, 6) is 0.685. The first-order valence-electron chi connectivity index (χ1n) is 11.0. The molecule has 5 rings (SSSR count). The van der Waals surface area contributed by atoms with Crippen LogP contribution in [0.4, 0.5) is 19.0 Å². The van der Waals surface area contributed by atoms with Gasteiger partial charge in [-0.25, -0.2) is 4.98 Å². The Bertz CT molecular complexity index is 1460. The molecule has 4 aromatic rings. The van der Waals surface area contributed by atoms with E-state index in [0.29, 0.717) is 43.7 Å². The van der Waals surface area contributed by atoms with E-state index in [1.165, 1.54) is 12.1 Å². The summed E-state index contributed by atoms with van der Waals surface area (Å²) in [6.45, 7) is 1.88. The number of alkyl halides is 3. The number of hydrogen-bond acceptors (Lipinski definition) is 4. The lowest BCUT2D eigenvalue weighted by molar-refractivity contribution is -0.137. The van der Waals surface area contributed by atoms with Gasteiger partial charge in [0.15, 0.2) is 5.65 Å². The van der Waals surface area contributed by atoms with Crippen molar-refractivity contribution in [3.05, 3.63) is 63.6 Å². The number of anilines is 1. The predicted octanol–water partition coefficient (Wildman–Crippen LogP) is 6.86. The van der Waals surface area contributed by atoms with Crippen molar-refractivity contribution in [1.29, 1.82) is 5.26 Å². The third kappa shape index (κ3) is 4.40. The van der Waals surface area contributed by atoms with E-state index in [0.717, 1.165) is 38.1 Å². The lowest BCUT2D eigenvalue weighted by Crippen LogP contribution is -2.37. The largest absolute Gasteiger partial charge is 0.416 e. The Hall–Kier alpha value is -2.99. The monoisotopic (exact) mass is 517 g/mol. The Morgan fingerprint density at radius 3 is 2.34 bits per heavy atom. The summed E-state index contributed by atoms with van der Waals surface area (Å²) in [5.41, 5.74) is 2.12. The van der Waals surface area contributed by atoms with Gasteiger partial charge in [-0.15, -0.1) is 0 Å². The molecular weight excluding hydrogens is 498 g/mol. The maximum Gasteiger partial charge on any atom is 0.416 e. The van der Waals surface area contributed by atoms with Crippen LogP contribution >= 0.6 is 23.2 Å². The molecule has 2 aromatic heterocycles. The molecular formula is C25H20Cl2F3N5. The van der Waals surface area contributed by atoms with Crippen molar-refractivity contribution in [1.82, 2.24) is 14.3 Å². The van der Waals surface area contributed by atoms with Gasteiger partial charge in [-0.2, -0.15) is 18.4 Å². The summed E-state index contributed by atoms with van der Waals surface area (Å²) in [6, 6.07) is 12.3. The second-order valence-corrected chi connectivity index (χ2v) is 9.57. The summed E-state index contributed by atoms with van der Waals surface area (Å²) in [6.07, 6.45) is -2.60. The highest BCUT2D eigenvalue weighted by atomic mass is 35.5. The third-order valence-corrected chi connectivity index (χ3v) is 7.14. The Balaban J connectivity index is 1.73. The number of pyridine rings is 1. The number of imidazole rings is 1. The maximum atomic E-state index is 13.1. The van der Waals surface area contributed by atoms with Crippen LogP contribution in [-0.2, 0) is 6.18 Å². The fourth-order valence-electron chi connectivity index (χ4n) is 4.52. The minimum absolute atomic E-state index is 0.183. The van der Waals surface area contributed by atoms with Crippen LogP contribution in [0.2, 0.25) is 10.0 Å². The normalized spacial score (nSPS) is 15.6. The van der Waals surface area contributed by atoms with E-state index in [-0.39, 0.29) is 11.6 Å². The number of rotatable bonds is 3. The first-order chi connectivity index (χ1) is 16.7. The highest BCUT2D eigenvalue weighted by Crippen LogP contribution is 2.37. The number of piperidine rings is 1. The van der Waals surface area contributed by atoms with Gasteiger partial charge in [-0.1, -0.05) is 35.3 Å². The van der Waals surface area contributed by atoms with Crippen molar-refractivity contribution in [2.24, 2.45) is 0 Å². The van der Waals surface area contributed by atoms with Gasteiger partial charge in [-0.05, 0) is 68.9 Å². The average molecular weight is 518 g/mol. The lowest BCUT2D eigenvalue weighted by atomic mass is 9.99. The van der Waals surface area contributed by atoms with Crippen LogP contribution < -0.4 is 5.32 Å². The van der Waals surface area contributed by atoms with Gasteiger partial charge in [-0.3, -0.25) is 4.40 Å². The molecule has 3 heterocycles. The summed E-state index contributed by atoms with van der Waals surface area (Å²) < 4.78 is 41.2. The molecule has 1 fully saturated rings. The van der Waals surface area contributed by atoms with E-state index in [9.17, 15) is 18.4 Å². The summed E-state index contributed by atoms with van der Waals surface area (Å²) in [4.78, 5) is 6.92. The van der Waals surface area contributed by atoms with Crippen LogP contribution in [0.15, 0.2) is 42.5 Å². The maximum absolute atomic E-state index is 13.1. The number of fused-ring (bicyclic) bond motifs is 3. The molecule has 10 heteroatoms. The Labute approximate surface area is 209 Å². The number of benzene rings is 2. The molecule has 0 saturated carbocycles. The standard InChI is InChI=1S/C25H20Cl2F3N5/c1-34-8-6-16(7-9-34)32-23-10-17(14-2-4-15(5-3-14)25(28,29)30)18(13-31)24-33-21-11-19(26)20(27)12-22(21)35(23)24/h2-5,10-12,16,32H,6-9H2,1H3. The number of halogens is 5. The van der Waals surface area contributed by atoms with Gasteiger partial charge >= 0.3 is 6.18 Å². The molecule has 35 heavy (non-hydrogen) atoms. The van der Waals surface area contributed by atoms with Crippen molar-refractivity contribution in [3.63, 3.8) is 0 Å². The molecule has 0 radical (unpaired) electrons. The molecule has 1 saturated heterocycles. The van der Waals surface area contributed by atoms with Crippen molar-refractivity contribution in [2.75, 3.05) is 25.5 Å². The predicted molar refractivity (Wildman–Crippen MR) is 132 cm³/mol. The van der Waals surface area contributed by atoms with E-state index >= 15 is 0 Å². The molecule has 5 nitrogen and oxygen atoms in total. The van der Waals surface area contributed by atoms with Crippen LogP contribution in [-0.4, -0.2) is 40.5 Å². The van der Waals surface area contributed by atoms with E-state index in [1.807, 2.05) is 4.40 Å². The smallest absolute Gasteiger partial charge is 0.368 e. The SMILES string of the molecule is CN1CCC(Nc2cc(-c3ccc(C(F)(F)F)cc3)c(C#N)c3nc4cc(Cl)c(Cl)cc4n23)CC1. The Morgan fingerprint density at radius 1 is 1.06 bits per heavy atom. The van der Waals surface area contributed by atoms with Crippen LogP contribution in [0.25, 0.3) is 27.8 Å². The molecule has 0 spiro atoms. The summed E-state index contributed by atoms with van der Waals surface area (Å²) in [5, 5.41) is 14.4. The molecule has 180 valence electrons. The molecule has 0 amide bonds. The summed E-state index contributed by atoms with van der Waals surface area (Å²) in [7, 11) is 2.08. The number of aromatic nitrogens is 2. The van der Waals surface area contributed by atoms with Gasteiger partial charge in [0.1, 0.15) is 17.5 Å². The van der Waals surface area contributed by atoms with E-state index in [2.05, 4.69) is 28.3 Å². The number of likely N-dealkylation sites (tertiary alicyclic amines) is 1. The average Bonchev–Trinajstić information content (AvgIpc) is 3.18. The number of nitriles is 1. The molecule has 1 N–H and O–H groups in total.